The topological polar surface area (TPSA) is 17.1 Å². The normalized spacial score (nSPS) is 16.8. The van der Waals surface area contributed by atoms with Gasteiger partial charge in [-0.15, -0.1) is 0 Å². The summed E-state index contributed by atoms with van der Waals surface area (Å²) in [5.41, 5.74) is 6.54. The van der Waals surface area contributed by atoms with Gasteiger partial charge >= 0.3 is 0 Å². The molecule has 0 N–H and O–H groups in total. The number of carbonyl (C=O) groups is 1. The van der Waals surface area contributed by atoms with Crippen LogP contribution in [0.15, 0.2) is 47.1 Å². The molecule has 2 aliphatic carbocycles. The fraction of sp³-hybridized carbons (Fsp3) is 0.316. The highest BCUT2D eigenvalue weighted by atomic mass is 16.1. The van der Waals surface area contributed by atoms with E-state index in [9.17, 15) is 4.79 Å². The average Bonchev–Trinajstić information content (AvgIpc) is 2.82. The minimum atomic E-state index is 0.243. The molecule has 0 aromatic heterocycles. The molecule has 0 saturated heterocycles. The molecule has 0 heterocycles. The van der Waals surface area contributed by atoms with Crippen molar-refractivity contribution in [2.75, 3.05) is 0 Å². The van der Waals surface area contributed by atoms with Gasteiger partial charge < -0.3 is 0 Å². The van der Waals surface area contributed by atoms with Gasteiger partial charge in [0.1, 0.15) is 0 Å². The van der Waals surface area contributed by atoms with Gasteiger partial charge in [-0.2, -0.15) is 0 Å². The molecule has 1 heteroatoms. The second-order valence-corrected chi connectivity index (χ2v) is 5.65. The Morgan fingerprint density at radius 1 is 1.00 bits per heavy atom. The number of unbranched alkanes of at least 4 members (excludes halogenated alkanes) is 2. The average molecular weight is 264 g/mol. The number of hydrogen-bond donors (Lipinski definition) is 0. The first kappa shape index (κ1) is 13.1. The fourth-order valence-electron chi connectivity index (χ4n) is 3.10. The lowest BCUT2D eigenvalue weighted by Gasteiger charge is -2.17. The van der Waals surface area contributed by atoms with Crippen LogP contribution in [0.2, 0.25) is 0 Å². The van der Waals surface area contributed by atoms with E-state index in [2.05, 4.69) is 38.1 Å². The Hall–Kier alpha value is -1.89. The highest BCUT2D eigenvalue weighted by Crippen LogP contribution is 2.41. The molecule has 1 aromatic rings. The van der Waals surface area contributed by atoms with E-state index in [-0.39, 0.29) is 5.78 Å². The van der Waals surface area contributed by atoms with E-state index < -0.39 is 0 Å². The van der Waals surface area contributed by atoms with Gasteiger partial charge in [-0.05, 0) is 48.1 Å². The molecule has 2 aliphatic rings. The smallest absolute Gasteiger partial charge is 0.189 e. The molecule has 0 fully saturated rings. The first-order valence-electron chi connectivity index (χ1n) is 7.50. The largest absolute Gasteiger partial charge is 0.289 e. The standard InChI is InChI=1S/C19H20O/c1-3-4-5-9-15-13(2)11-17-16-10-7-6-8-14(16)12-18(17)19(15)20/h6-8,10-12H,3-5,9H2,1-2H3. The van der Waals surface area contributed by atoms with Crippen LogP contribution in [-0.2, 0) is 4.79 Å². The lowest BCUT2D eigenvalue weighted by molar-refractivity contribution is -0.112. The van der Waals surface area contributed by atoms with E-state index in [1.165, 1.54) is 24.0 Å². The summed E-state index contributed by atoms with van der Waals surface area (Å²) in [5.74, 6) is 0.243. The van der Waals surface area contributed by atoms with Crippen molar-refractivity contribution in [2.45, 2.75) is 39.5 Å². The van der Waals surface area contributed by atoms with E-state index in [4.69, 9.17) is 0 Å². The number of hydrogen-bond acceptors (Lipinski definition) is 1. The van der Waals surface area contributed by atoms with Crippen LogP contribution >= 0.6 is 0 Å². The van der Waals surface area contributed by atoms with E-state index in [0.29, 0.717) is 0 Å². The van der Waals surface area contributed by atoms with E-state index >= 15 is 0 Å². The number of Topliss-reactive ketones (excluding diaryl/α,β-unsaturated/α-hetero) is 1. The zero-order valence-corrected chi connectivity index (χ0v) is 12.2. The number of carbonyl (C=O) groups excluding carboxylic acids is 1. The molecular weight excluding hydrogens is 244 g/mol. The van der Waals surface area contributed by atoms with Crippen molar-refractivity contribution < 1.29 is 4.79 Å². The summed E-state index contributed by atoms with van der Waals surface area (Å²) >= 11 is 0. The summed E-state index contributed by atoms with van der Waals surface area (Å²) in [6, 6.07) is 8.26. The van der Waals surface area contributed by atoms with Crippen LogP contribution in [-0.4, -0.2) is 5.78 Å². The summed E-state index contributed by atoms with van der Waals surface area (Å²) in [6.07, 6.45) is 8.65. The fourth-order valence-corrected chi connectivity index (χ4v) is 3.10. The molecule has 0 saturated carbocycles. The minimum absolute atomic E-state index is 0.243. The Balaban J connectivity index is 1.96. The Bertz CT molecular complexity index is 656. The molecule has 1 nitrogen and oxygen atoms in total. The van der Waals surface area contributed by atoms with Gasteiger partial charge in [-0.25, -0.2) is 0 Å². The summed E-state index contributed by atoms with van der Waals surface area (Å²) in [5, 5.41) is 0. The zero-order chi connectivity index (χ0) is 14.1. The molecule has 0 aliphatic heterocycles. The molecule has 0 atom stereocenters. The van der Waals surface area contributed by atoms with Crippen LogP contribution in [0.3, 0.4) is 0 Å². The van der Waals surface area contributed by atoms with Crippen molar-refractivity contribution in [3.63, 3.8) is 0 Å². The van der Waals surface area contributed by atoms with Gasteiger partial charge in [0, 0.05) is 11.1 Å². The lowest BCUT2D eigenvalue weighted by atomic mass is 9.85. The quantitative estimate of drug-likeness (QED) is 0.703. The maximum atomic E-state index is 12.7. The molecule has 102 valence electrons. The summed E-state index contributed by atoms with van der Waals surface area (Å²) in [7, 11) is 0. The van der Waals surface area contributed by atoms with Crippen LogP contribution in [0, 0.1) is 0 Å². The molecule has 1 aromatic carbocycles. The van der Waals surface area contributed by atoms with Crippen molar-refractivity contribution >= 4 is 17.4 Å². The Labute approximate surface area is 120 Å². The van der Waals surface area contributed by atoms with Crippen LogP contribution in [0.25, 0.3) is 11.6 Å². The van der Waals surface area contributed by atoms with Gasteiger partial charge in [-0.3, -0.25) is 4.79 Å². The second-order valence-electron chi connectivity index (χ2n) is 5.65. The Morgan fingerprint density at radius 2 is 1.80 bits per heavy atom. The van der Waals surface area contributed by atoms with Crippen molar-refractivity contribution in [1.29, 1.82) is 0 Å². The van der Waals surface area contributed by atoms with E-state index in [1.807, 2.05) is 12.1 Å². The van der Waals surface area contributed by atoms with Gasteiger partial charge in [0.2, 0.25) is 0 Å². The predicted molar refractivity (Wildman–Crippen MR) is 84.2 cm³/mol. The maximum absolute atomic E-state index is 12.7. The molecule has 0 radical (unpaired) electrons. The molecule has 0 amide bonds. The van der Waals surface area contributed by atoms with Gasteiger partial charge in [0.25, 0.3) is 0 Å². The van der Waals surface area contributed by atoms with Crippen LogP contribution in [0.1, 0.15) is 50.7 Å². The molecule has 0 spiro atoms. The maximum Gasteiger partial charge on any atom is 0.189 e. The molecule has 20 heavy (non-hydrogen) atoms. The van der Waals surface area contributed by atoms with Crippen LogP contribution < -0.4 is 0 Å². The van der Waals surface area contributed by atoms with Crippen molar-refractivity contribution in [1.82, 2.24) is 0 Å². The van der Waals surface area contributed by atoms with Crippen molar-refractivity contribution in [3.8, 4) is 0 Å². The molecule has 0 unspecified atom stereocenters. The Morgan fingerprint density at radius 3 is 2.60 bits per heavy atom. The first-order valence-corrected chi connectivity index (χ1v) is 7.50. The zero-order valence-electron chi connectivity index (χ0n) is 12.2. The van der Waals surface area contributed by atoms with Crippen LogP contribution in [0.4, 0.5) is 0 Å². The number of fused-ring (bicyclic) bond motifs is 3. The van der Waals surface area contributed by atoms with Gasteiger partial charge in [0.15, 0.2) is 5.78 Å². The molecule has 3 rings (SSSR count). The highest BCUT2D eigenvalue weighted by Gasteiger charge is 2.29. The van der Waals surface area contributed by atoms with Crippen LogP contribution in [0.5, 0.6) is 0 Å². The van der Waals surface area contributed by atoms with Gasteiger partial charge in [-0.1, -0.05) is 50.1 Å². The third-order valence-corrected chi connectivity index (χ3v) is 4.23. The molecular formula is C19H20O. The summed E-state index contributed by atoms with van der Waals surface area (Å²) in [4.78, 5) is 12.7. The number of rotatable bonds is 4. The minimum Gasteiger partial charge on any atom is -0.289 e. The predicted octanol–water partition coefficient (Wildman–Crippen LogP) is 4.95. The Kier molecular flexibility index (Phi) is 3.43. The SMILES string of the molecule is CCCCCC1=C(C)C=C2C(=Cc3ccccc32)C1=O. The monoisotopic (exact) mass is 264 g/mol. The van der Waals surface area contributed by atoms with Crippen molar-refractivity contribution in [3.05, 3.63) is 58.2 Å². The van der Waals surface area contributed by atoms with E-state index in [1.54, 1.807) is 0 Å². The van der Waals surface area contributed by atoms with E-state index in [0.717, 1.165) is 35.1 Å². The van der Waals surface area contributed by atoms with Gasteiger partial charge in [0.05, 0.1) is 0 Å². The molecule has 0 bridgehead atoms. The number of ketones is 1. The highest BCUT2D eigenvalue weighted by molar-refractivity contribution is 6.26. The summed E-state index contributed by atoms with van der Waals surface area (Å²) in [6.45, 7) is 4.27. The number of benzene rings is 1. The number of allylic oxidation sites excluding steroid dienone is 5. The second kappa shape index (κ2) is 5.24. The summed E-state index contributed by atoms with van der Waals surface area (Å²) < 4.78 is 0. The third-order valence-electron chi connectivity index (χ3n) is 4.23. The third kappa shape index (κ3) is 2.07. The van der Waals surface area contributed by atoms with Crippen molar-refractivity contribution in [2.24, 2.45) is 0 Å². The first-order chi connectivity index (χ1) is 9.72. The lowest BCUT2D eigenvalue weighted by Crippen LogP contribution is -2.12.